The van der Waals surface area contributed by atoms with Crippen molar-refractivity contribution in [3.05, 3.63) is 48.0 Å². The van der Waals surface area contributed by atoms with E-state index in [1.807, 2.05) is 42.5 Å². The Hall–Kier alpha value is -1.63. The summed E-state index contributed by atoms with van der Waals surface area (Å²) in [7, 11) is 0. The molecule has 12 heavy (non-hydrogen) atoms. The monoisotopic (exact) mass is 154 g/mol. The van der Waals surface area contributed by atoms with Crippen LogP contribution >= 0.6 is 0 Å². The lowest BCUT2D eigenvalue weighted by molar-refractivity contribution is 1.71. The molecule has 0 N–H and O–H groups in total. The van der Waals surface area contributed by atoms with Crippen LogP contribution in [0.25, 0.3) is 10.8 Å². The molecule has 0 aromatic heterocycles. The molecule has 2 aromatic carbocycles. The Labute approximate surface area is 71.2 Å². The highest BCUT2D eigenvalue weighted by atomic mass is 14.3. The molecule has 0 bridgehead atoms. The van der Waals surface area contributed by atoms with E-state index < -0.39 is 0 Å². The summed E-state index contributed by atoms with van der Waals surface area (Å²) >= 11 is 0. The maximum absolute atomic E-state index is 8.91. The van der Waals surface area contributed by atoms with E-state index in [0.717, 1.165) is 22.6 Å². The highest BCUT2D eigenvalue weighted by Crippen LogP contribution is 2.16. The highest BCUT2D eigenvalue weighted by Gasteiger charge is 1.95. The summed E-state index contributed by atoms with van der Waals surface area (Å²) in [5.74, 6) is 0. The predicted molar refractivity (Wildman–Crippen MR) is 51.2 cm³/mol. The van der Waals surface area contributed by atoms with Crippen molar-refractivity contribution < 1.29 is 0 Å². The molecule has 0 aliphatic heterocycles. The number of benzene rings is 2. The Kier molecular flexibility index (Phi) is 1.63. The molecule has 0 unspecified atom stereocenters. The molecular weight excluding hydrogens is 146 g/mol. The van der Waals surface area contributed by atoms with Gasteiger partial charge >= 0.3 is 0 Å². The van der Waals surface area contributed by atoms with Crippen LogP contribution in [-0.4, -0.2) is 6.21 Å². The average molecular weight is 154 g/mol. The van der Waals surface area contributed by atoms with Crippen molar-refractivity contribution in [3.63, 3.8) is 0 Å². The fourth-order valence-electron chi connectivity index (χ4n) is 1.36. The minimum absolute atomic E-state index is 0.869. The first-order valence-corrected chi connectivity index (χ1v) is 3.87. The van der Waals surface area contributed by atoms with Crippen molar-refractivity contribution in [1.29, 1.82) is 0 Å². The lowest BCUT2D eigenvalue weighted by Crippen LogP contribution is -1.83. The molecule has 1 heteroatoms. The van der Waals surface area contributed by atoms with Crippen LogP contribution in [-0.2, 0) is 0 Å². The Bertz CT molecular complexity index is 413. The van der Waals surface area contributed by atoms with E-state index in [2.05, 4.69) is 0 Å². The second-order valence-electron chi connectivity index (χ2n) is 2.70. The molecule has 2 aromatic rings. The molecule has 57 valence electrons. The third kappa shape index (κ3) is 0.996. The standard InChI is InChI=1S/C11H8N/c12-8-10-6-3-5-9-4-1-2-7-11(9)10/h1-8H. The van der Waals surface area contributed by atoms with Crippen molar-refractivity contribution in [3.8, 4) is 0 Å². The summed E-state index contributed by atoms with van der Waals surface area (Å²) in [6.07, 6.45) is 1.14. The van der Waals surface area contributed by atoms with E-state index in [1.165, 1.54) is 0 Å². The average Bonchev–Trinajstić information content (AvgIpc) is 2.17. The number of rotatable bonds is 1. The fraction of sp³-hybridized carbons (Fsp3) is 0. The van der Waals surface area contributed by atoms with Crippen LogP contribution in [0.1, 0.15) is 5.56 Å². The maximum Gasteiger partial charge on any atom is 0.0574 e. The second kappa shape index (κ2) is 2.78. The molecule has 0 saturated heterocycles. The number of fused-ring (bicyclic) bond motifs is 1. The van der Waals surface area contributed by atoms with E-state index in [0.29, 0.717) is 0 Å². The van der Waals surface area contributed by atoms with Gasteiger partial charge in [-0.1, -0.05) is 42.5 Å². The maximum atomic E-state index is 8.91. The van der Waals surface area contributed by atoms with Crippen molar-refractivity contribution in [2.45, 2.75) is 0 Å². The molecular formula is C11H8N. The van der Waals surface area contributed by atoms with Crippen molar-refractivity contribution >= 4 is 17.0 Å². The van der Waals surface area contributed by atoms with Crippen LogP contribution in [0.3, 0.4) is 0 Å². The van der Waals surface area contributed by atoms with E-state index in [9.17, 15) is 0 Å². The Morgan fingerprint density at radius 3 is 2.50 bits per heavy atom. The van der Waals surface area contributed by atoms with Crippen LogP contribution in [0.15, 0.2) is 42.5 Å². The van der Waals surface area contributed by atoms with Gasteiger partial charge < -0.3 is 0 Å². The van der Waals surface area contributed by atoms with Gasteiger partial charge in [0.15, 0.2) is 0 Å². The summed E-state index contributed by atoms with van der Waals surface area (Å²) in [6.45, 7) is 0. The van der Waals surface area contributed by atoms with Gasteiger partial charge in [-0.25, -0.2) is 0 Å². The summed E-state index contributed by atoms with van der Waals surface area (Å²) in [5, 5.41) is 11.1. The van der Waals surface area contributed by atoms with Crippen molar-refractivity contribution in [2.75, 3.05) is 0 Å². The summed E-state index contributed by atoms with van der Waals surface area (Å²) in [4.78, 5) is 0. The largest absolute Gasteiger partial charge is 0.158 e. The highest BCUT2D eigenvalue weighted by molar-refractivity contribution is 5.98. The SMILES string of the molecule is [N]=Cc1cccc2ccccc12. The van der Waals surface area contributed by atoms with E-state index in [4.69, 9.17) is 5.41 Å². The van der Waals surface area contributed by atoms with Gasteiger partial charge in [-0.2, -0.15) is 5.41 Å². The van der Waals surface area contributed by atoms with Gasteiger partial charge in [0, 0.05) is 5.56 Å². The van der Waals surface area contributed by atoms with E-state index in [1.54, 1.807) is 0 Å². The van der Waals surface area contributed by atoms with Crippen LogP contribution in [0.2, 0.25) is 0 Å². The van der Waals surface area contributed by atoms with Gasteiger partial charge in [0.1, 0.15) is 0 Å². The van der Waals surface area contributed by atoms with Gasteiger partial charge in [0.05, 0.1) is 6.21 Å². The normalized spacial score (nSPS) is 10.0. The molecule has 0 fully saturated rings. The van der Waals surface area contributed by atoms with Crippen molar-refractivity contribution in [2.24, 2.45) is 0 Å². The fourth-order valence-corrected chi connectivity index (χ4v) is 1.36. The van der Waals surface area contributed by atoms with Gasteiger partial charge in [-0.3, -0.25) is 0 Å². The molecule has 0 aliphatic carbocycles. The molecule has 0 atom stereocenters. The lowest BCUT2D eigenvalue weighted by atomic mass is 10.1. The smallest absolute Gasteiger partial charge is 0.0574 e. The topological polar surface area (TPSA) is 22.3 Å². The minimum atomic E-state index is 0.869. The summed E-state index contributed by atoms with van der Waals surface area (Å²) in [6, 6.07) is 13.8. The van der Waals surface area contributed by atoms with E-state index >= 15 is 0 Å². The zero-order chi connectivity index (χ0) is 8.39. The summed E-state index contributed by atoms with van der Waals surface area (Å²) in [5.41, 5.74) is 0.869. The Morgan fingerprint density at radius 1 is 0.917 bits per heavy atom. The molecule has 0 heterocycles. The third-order valence-corrected chi connectivity index (χ3v) is 1.96. The number of nitrogens with zero attached hydrogens (tertiary/aromatic N) is 1. The van der Waals surface area contributed by atoms with Gasteiger partial charge in [-0.05, 0) is 10.8 Å². The zero-order valence-electron chi connectivity index (χ0n) is 6.57. The zero-order valence-corrected chi connectivity index (χ0v) is 6.57. The molecule has 0 aliphatic rings. The third-order valence-electron chi connectivity index (χ3n) is 1.96. The quantitative estimate of drug-likeness (QED) is 0.561. The van der Waals surface area contributed by atoms with Crippen molar-refractivity contribution in [1.82, 2.24) is 5.41 Å². The molecule has 1 radical (unpaired) electrons. The molecule has 0 amide bonds. The van der Waals surface area contributed by atoms with Crippen LogP contribution in [0, 0.1) is 0 Å². The first kappa shape index (κ1) is 7.04. The first-order chi connectivity index (χ1) is 5.92. The molecule has 0 saturated carbocycles. The number of hydrogen-bond acceptors (Lipinski definition) is 0. The Morgan fingerprint density at radius 2 is 1.67 bits per heavy atom. The predicted octanol–water partition coefficient (Wildman–Crippen LogP) is 2.06. The second-order valence-corrected chi connectivity index (χ2v) is 2.70. The molecule has 2 rings (SSSR count). The van der Waals surface area contributed by atoms with Gasteiger partial charge in [-0.15, -0.1) is 0 Å². The minimum Gasteiger partial charge on any atom is -0.158 e. The first-order valence-electron chi connectivity index (χ1n) is 3.87. The van der Waals surface area contributed by atoms with E-state index in [-0.39, 0.29) is 0 Å². The Balaban J connectivity index is 2.88. The lowest BCUT2D eigenvalue weighted by Gasteiger charge is -1.98. The summed E-state index contributed by atoms with van der Waals surface area (Å²) < 4.78 is 0. The van der Waals surface area contributed by atoms with Gasteiger partial charge in [0.25, 0.3) is 0 Å². The van der Waals surface area contributed by atoms with Crippen LogP contribution in [0.5, 0.6) is 0 Å². The molecule has 1 nitrogen and oxygen atoms in total. The number of hydrogen-bond donors (Lipinski definition) is 0. The van der Waals surface area contributed by atoms with Gasteiger partial charge in [0.2, 0.25) is 0 Å². The van der Waals surface area contributed by atoms with Crippen LogP contribution in [0.4, 0.5) is 0 Å². The van der Waals surface area contributed by atoms with Crippen LogP contribution < -0.4 is 5.41 Å². The molecule has 0 spiro atoms.